The van der Waals surface area contributed by atoms with Crippen molar-refractivity contribution in [3.8, 4) is 5.75 Å². The average molecular weight is 353 g/mol. The van der Waals surface area contributed by atoms with Gasteiger partial charge in [-0.15, -0.1) is 0 Å². The Balaban J connectivity index is 1.56. The maximum Gasteiger partial charge on any atom is 0.387 e. The van der Waals surface area contributed by atoms with E-state index < -0.39 is 6.61 Å². The van der Waals surface area contributed by atoms with Crippen LogP contribution in [0.5, 0.6) is 5.75 Å². The summed E-state index contributed by atoms with van der Waals surface area (Å²) in [6, 6.07) is 6.30. The monoisotopic (exact) mass is 353 g/mol. The number of rotatable bonds is 5. The van der Waals surface area contributed by atoms with Crippen LogP contribution in [-0.2, 0) is 11.3 Å². The highest BCUT2D eigenvalue weighted by molar-refractivity contribution is 5.82. The summed E-state index contributed by atoms with van der Waals surface area (Å²) >= 11 is 0. The number of halogens is 2. The zero-order valence-corrected chi connectivity index (χ0v) is 14.4. The van der Waals surface area contributed by atoms with E-state index in [0.717, 1.165) is 44.5 Å². The first-order chi connectivity index (χ1) is 12.0. The van der Waals surface area contributed by atoms with Gasteiger partial charge in [0.2, 0.25) is 5.91 Å². The van der Waals surface area contributed by atoms with Crippen LogP contribution in [0, 0.1) is 5.41 Å². The molecule has 7 heteroatoms. The fourth-order valence-electron chi connectivity index (χ4n) is 4.02. The number of carbonyl (C=O) groups excluding carboxylic acids is 1. The smallest absolute Gasteiger partial charge is 0.387 e. The number of nitrogens with one attached hydrogen (secondary N) is 2. The molecule has 138 valence electrons. The van der Waals surface area contributed by atoms with E-state index in [4.69, 9.17) is 0 Å². The fourth-order valence-corrected chi connectivity index (χ4v) is 4.02. The van der Waals surface area contributed by atoms with E-state index in [1.54, 1.807) is 12.1 Å². The van der Waals surface area contributed by atoms with Crippen molar-refractivity contribution in [2.75, 3.05) is 26.7 Å². The van der Waals surface area contributed by atoms with Gasteiger partial charge in [0.25, 0.3) is 0 Å². The van der Waals surface area contributed by atoms with Crippen LogP contribution in [0.2, 0.25) is 0 Å². The third kappa shape index (κ3) is 4.46. The lowest BCUT2D eigenvalue weighted by molar-refractivity contribution is -0.125. The highest BCUT2D eigenvalue weighted by Crippen LogP contribution is 2.41. The standard InChI is InChI=1S/C18H25F2N3O2/c1-23-12-18(5-7-21-8-6-18)10-15(23)16(24)22-11-13-3-2-4-14(9-13)25-17(19)20/h2-4,9,15,17,21H,5-8,10-12H2,1H3,(H,22,24). The summed E-state index contributed by atoms with van der Waals surface area (Å²) in [6.07, 6.45) is 3.09. The summed E-state index contributed by atoms with van der Waals surface area (Å²) in [7, 11) is 2.00. The molecule has 2 N–H and O–H groups in total. The molecule has 0 bridgehead atoms. The van der Waals surface area contributed by atoms with Crippen LogP contribution in [0.3, 0.4) is 0 Å². The molecule has 25 heavy (non-hydrogen) atoms. The van der Waals surface area contributed by atoms with Crippen molar-refractivity contribution in [1.29, 1.82) is 0 Å². The number of likely N-dealkylation sites (tertiary alicyclic amines) is 1. The molecule has 1 unspecified atom stereocenters. The second-order valence-electron chi connectivity index (χ2n) is 7.13. The van der Waals surface area contributed by atoms with Crippen LogP contribution in [0.15, 0.2) is 24.3 Å². The zero-order chi connectivity index (χ0) is 17.9. The van der Waals surface area contributed by atoms with Crippen molar-refractivity contribution in [2.45, 2.75) is 38.5 Å². The molecule has 1 aromatic rings. The van der Waals surface area contributed by atoms with Gasteiger partial charge < -0.3 is 15.4 Å². The molecular formula is C18H25F2N3O2. The Morgan fingerprint density at radius 3 is 2.92 bits per heavy atom. The lowest BCUT2D eigenvalue weighted by Gasteiger charge is -2.33. The van der Waals surface area contributed by atoms with E-state index in [-0.39, 0.29) is 23.1 Å². The zero-order valence-electron chi connectivity index (χ0n) is 14.4. The van der Waals surface area contributed by atoms with Crippen LogP contribution in [0.25, 0.3) is 0 Å². The van der Waals surface area contributed by atoms with Gasteiger partial charge in [0, 0.05) is 13.1 Å². The molecule has 0 radical (unpaired) electrons. The van der Waals surface area contributed by atoms with Gasteiger partial charge in [0.05, 0.1) is 6.04 Å². The Morgan fingerprint density at radius 1 is 1.44 bits per heavy atom. The van der Waals surface area contributed by atoms with Gasteiger partial charge >= 0.3 is 6.61 Å². The van der Waals surface area contributed by atoms with E-state index >= 15 is 0 Å². The average Bonchev–Trinajstić information content (AvgIpc) is 2.89. The summed E-state index contributed by atoms with van der Waals surface area (Å²) in [5.74, 6) is 0.103. The second-order valence-corrected chi connectivity index (χ2v) is 7.13. The maximum absolute atomic E-state index is 12.6. The first-order valence-electron chi connectivity index (χ1n) is 8.70. The number of hydrogen-bond acceptors (Lipinski definition) is 4. The summed E-state index contributed by atoms with van der Waals surface area (Å²) < 4.78 is 29.0. The minimum absolute atomic E-state index is 0.00177. The largest absolute Gasteiger partial charge is 0.435 e. The molecule has 3 rings (SSSR count). The Labute approximate surface area is 146 Å². The summed E-state index contributed by atoms with van der Waals surface area (Å²) in [6.45, 7) is 0.430. The molecule has 2 aliphatic heterocycles. The summed E-state index contributed by atoms with van der Waals surface area (Å²) in [4.78, 5) is 14.7. The van der Waals surface area contributed by atoms with Crippen molar-refractivity contribution in [3.05, 3.63) is 29.8 Å². The summed E-state index contributed by atoms with van der Waals surface area (Å²) in [5, 5.41) is 6.31. The molecule has 1 amide bonds. The normalized spacial score (nSPS) is 23.1. The molecule has 1 aromatic carbocycles. The van der Waals surface area contributed by atoms with Gasteiger partial charge in [-0.25, -0.2) is 0 Å². The molecule has 0 aromatic heterocycles. The van der Waals surface area contributed by atoms with Gasteiger partial charge in [-0.2, -0.15) is 8.78 Å². The van der Waals surface area contributed by atoms with E-state index in [1.165, 1.54) is 12.1 Å². The Hall–Kier alpha value is -1.73. The highest BCUT2D eigenvalue weighted by Gasteiger charge is 2.45. The van der Waals surface area contributed by atoms with Crippen LogP contribution < -0.4 is 15.4 Å². The molecule has 0 aliphatic carbocycles. The SMILES string of the molecule is CN1CC2(CCNCC2)CC1C(=O)NCc1cccc(OC(F)F)c1. The predicted octanol–water partition coefficient (Wildman–Crippen LogP) is 1.98. The van der Waals surface area contributed by atoms with Gasteiger partial charge in [-0.3, -0.25) is 9.69 Å². The minimum atomic E-state index is -2.85. The Bertz CT molecular complexity index is 606. The molecule has 1 atom stereocenters. The van der Waals surface area contributed by atoms with Crippen molar-refractivity contribution in [2.24, 2.45) is 5.41 Å². The number of piperidine rings is 1. The second kappa shape index (κ2) is 7.66. The molecule has 2 aliphatic rings. The first-order valence-corrected chi connectivity index (χ1v) is 8.70. The van der Waals surface area contributed by atoms with Crippen molar-refractivity contribution in [3.63, 3.8) is 0 Å². The quantitative estimate of drug-likeness (QED) is 0.850. The number of carbonyl (C=O) groups is 1. The van der Waals surface area contributed by atoms with Crippen molar-refractivity contribution in [1.82, 2.24) is 15.5 Å². The van der Waals surface area contributed by atoms with E-state index in [2.05, 4.69) is 20.3 Å². The molecule has 5 nitrogen and oxygen atoms in total. The van der Waals surface area contributed by atoms with E-state index in [0.29, 0.717) is 6.54 Å². The maximum atomic E-state index is 12.6. The third-order valence-electron chi connectivity index (χ3n) is 5.30. The van der Waals surface area contributed by atoms with Crippen LogP contribution in [-0.4, -0.2) is 50.1 Å². The topological polar surface area (TPSA) is 53.6 Å². The predicted molar refractivity (Wildman–Crippen MR) is 90.5 cm³/mol. The van der Waals surface area contributed by atoms with Crippen LogP contribution in [0.1, 0.15) is 24.8 Å². The molecule has 2 saturated heterocycles. The molecule has 1 spiro atoms. The molecule has 2 heterocycles. The van der Waals surface area contributed by atoms with Crippen molar-refractivity contribution >= 4 is 5.91 Å². The number of amides is 1. The highest BCUT2D eigenvalue weighted by atomic mass is 19.3. The lowest BCUT2D eigenvalue weighted by atomic mass is 9.77. The Morgan fingerprint density at radius 2 is 2.20 bits per heavy atom. The Kier molecular flexibility index (Phi) is 5.54. The molecule has 0 saturated carbocycles. The molecular weight excluding hydrogens is 328 g/mol. The van der Waals surface area contributed by atoms with E-state index in [9.17, 15) is 13.6 Å². The number of benzene rings is 1. The van der Waals surface area contributed by atoms with Gasteiger partial charge in [0.15, 0.2) is 0 Å². The summed E-state index contributed by atoms with van der Waals surface area (Å²) in [5.41, 5.74) is 0.983. The number of alkyl halides is 2. The lowest BCUT2D eigenvalue weighted by Crippen LogP contribution is -2.41. The van der Waals surface area contributed by atoms with Crippen LogP contribution in [0.4, 0.5) is 8.78 Å². The fraction of sp³-hybridized carbons (Fsp3) is 0.611. The first kappa shape index (κ1) is 18.1. The number of ether oxygens (including phenoxy) is 1. The molecule has 2 fully saturated rings. The minimum Gasteiger partial charge on any atom is -0.435 e. The number of hydrogen-bond donors (Lipinski definition) is 2. The van der Waals surface area contributed by atoms with Crippen molar-refractivity contribution < 1.29 is 18.3 Å². The number of nitrogens with zero attached hydrogens (tertiary/aromatic N) is 1. The van der Waals surface area contributed by atoms with Gasteiger partial charge in [-0.1, -0.05) is 12.1 Å². The third-order valence-corrected chi connectivity index (χ3v) is 5.30. The van der Waals surface area contributed by atoms with Gasteiger partial charge in [-0.05, 0) is 62.5 Å². The van der Waals surface area contributed by atoms with Gasteiger partial charge in [0.1, 0.15) is 5.75 Å². The van der Waals surface area contributed by atoms with Crippen LogP contribution >= 0.6 is 0 Å². The number of likely N-dealkylation sites (N-methyl/N-ethyl adjacent to an activating group) is 1. The van der Waals surface area contributed by atoms with E-state index in [1.807, 2.05) is 7.05 Å².